The van der Waals surface area contributed by atoms with Crippen molar-refractivity contribution in [2.24, 2.45) is 0 Å². The van der Waals surface area contributed by atoms with E-state index in [9.17, 15) is 4.79 Å². The van der Waals surface area contributed by atoms with Crippen LogP contribution in [0.2, 0.25) is 5.02 Å². The molecular weight excluding hydrogens is 346 g/mol. The molecule has 0 saturated carbocycles. The Bertz CT molecular complexity index is 793. The van der Waals surface area contributed by atoms with Crippen LogP contribution >= 0.6 is 11.6 Å². The Kier molecular flexibility index (Phi) is 5.97. The second-order valence-corrected chi connectivity index (χ2v) is 7.56. The number of amides is 1. The number of nitrogens with one attached hydrogen (secondary N) is 1. The van der Waals surface area contributed by atoms with Gasteiger partial charge >= 0.3 is 0 Å². The number of halogens is 1. The highest BCUT2D eigenvalue weighted by atomic mass is 35.5. The maximum absolute atomic E-state index is 12.6. The number of aryl methyl sites for hydroxylation is 1. The molecule has 0 radical (unpaired) electrons. The van der Waals surface area contributed by atoms with Crippen LogP contribution < -0.4 is 5.32 Å². The van der Waals surface area contributed by atoms with Gasteiger partial charge in [0.05, 0.1) is 0 Å². The van der Waals surface area contributed by atoms with Crippen molar-refractivity contribution in [1.82, 2.24) is 15.1 Å². The van der Waals surface area contributed by atoms with E-state index in [1.54, 1.807) is 0 Å². The molecule has 3 rings (SSSR count). The molecular formula is C21H26ClN3O. The quantitative estimate of drug-likeness (QED) is 0.895. The van der Waals surface area contributed by atoms with Crippen molar-refractivity contribution in [1.29, 1.82) is 0 Å². The van der Waals surface area contributed by atoms with Gasteiger partial charge in [-0.2, -0.15) is 0 Å². The van der Waals surface area contributed by atoms with E-state index < -0.39 is 0 Å². The van der Waals surface area contributed by atoms with Crippen molar-refractivity contribution in [2.45, 2.75) is 13.0 Å². The molecule has 1 aliphatic heterocycles. The number of nitrogens with zero attached hydrogens (tertiary/aromatic N) is 2. The molecule has 1 N–H and O–H groups in total. The molecule has 4 nitrogen and oxygen atoms in total. The molecule has 1 saturated heterocycles. The highest BCUT2D eigenvalue weighted by molar-refractivity contribution is 6.31. The van der Waals surface area contributed by atoms with Gasteiger partial charge in [0.1, 0.15) is 0 Å². The number of hydrogen-bond donors (Lipinski definition) is 1. The van der Waals surface area contributed by atoms with Crippen LogP contribution in [0.3, 0.4) is 0 Å². The molecule has 1 atom stereocenters. The van der Waals surface area contributed by atoms with Gasteiger partial charge in [-0.15, -0.1) is 0 Å². The molecule has 26 heavy (non-hydrogen) atoms. The Labute approximate surface area is 160 Å². The lowest BCUT2D eigenvalue weighted by Gasteiger charge is -2.37. The first-order valence-electron chi connectivity index (χ1n) is 8.97. The summed E-state index contributed by atoms with van der Waals surface area (Å²) in [5.41, 5.74) is 3.80. The lowest BCUT2D eigenvalue weighted by Crippen LogP contribution is -2.54. The number of rotatable bonds is 4. The van der Waals surface area contributed by atoms with Gasteiger partial charge in [-0.25, -0.2) is 0 Å². The van der Waals surface area contributed by atoms with E-state index in [1.807, 2.05) is 49.4 Å². The van der Waals surface area contributed by atoms with Gasteiger partial charge in [-0.05, 0) is 62.0 Å². The van der Waals surface area contributed by atoms with E-state index in [-0.39, 0.29) is 5.91 Å². The van der Waals surface area contributed by atoms with E-state index in [1.165, 1.54) is 0 Å². The lowest BCUT2D eigenvalue weighted by molar-refractivity contribution is 0.0881. The topological polar surface area (TPSA) is 35.6 Å². The summed E-state index contributed by atoms with van der Waals surface area (Å²) in [7, 11) is 4.24. The van der Waals surface area contributed by atoms with Gasteiger partial charge in [0, 0.05) is 42.8 Å². The Hall–Kier alpha value is -1.88. The van der Waals surface area contributed by atoms with E-state index in [2.05, 4.69) is 29.2 Å². The Morgan fingerprint density at radius 3 is 2.69 bits per heavy atom. The Morgan fingerprint density at radius 1 is 1.15 bits per heavy atom. The van der Waals surface area contributed by atoms with Crippen LogP contribution in [-0.2, 0) is 0 Å². The molecule has 138 valence electrons. The van der Waals surface area contributed by atoms with Gasteiger partial charge in [0.15, 0.2) is 0 Å². The smallest absolute Gasteiger partial charge is 0.251 e. The van der Waals surface area contributed by atoms with Crippen LogP contribution in [0.5, 0.6) is 0 Å². The minimum Gasteiger partial charge on any atom is -0.350 e. The Morgan fingerprint density at radius 2 is 1.92 bits per heavy atom. The third kappa shape index (κ3) is 4.44. The number of carbonyl (C=O) groups is 1. The minimum atomic E-state index is -0.0286. The van der Waals surface area contributed by atoms with Gasteiger partial charge in [0.2, 0.25) is 0 Å². The summed E-state index contributed by atoms with van der Waals surface area (Å²) in [6.45, 7) is 5.72. The molecule has 1 heterocycles. The summed E-state index contributed by atoms with van der Waals surface area (Å²) < 4.78 is 0. The van der Waals surface area contributed by atoms with E-state index in [0.717, 1.165) is 41.3 Å². The van der Waals surface area contributed by atoms with Crippen molar-refractivity contribution in [2.75, 3.05) is 40.3 Å². The molecule has 0 bridgehead atoms. The van der Waals surface area contributed by atoms with Crippen LogP contribution in [0.4, 0.5) is 0 Å². The lowest BCUT2D eigenvalue weighted by atomic mass is 10.0. The van der Waals surface area contributed by atoms with E-state index in [0.29, 0.717) is 18.2 Å². The predicted octanol–water partition coefficient (Wildman–Crippen LogP) is 3.29. The summed E-state index contributed by atoms with van der Waals surface area (Å²) in [6.07, 6.45) is 0. The monoisotopic (exact) mass is 371 g/mol. The average molecular weight is 372 g/mol. The van der Waals surface area contributed by atoms with Gasteiger partial charge in [-0.3, -0.25) is 9.69 Å². The summed E-state index contributed by atoms with van der Waals surface area (Å²) in [5.74, 6) is -0.0286. The zero-order valence-electron chi connectivity index (χ0n) is 15.6. The number of carbonyl (C=O) groups excluding carboxylic acids is 1. The molecule has 5 heteroatoms. The molecule has 1 unspecified atom stereocenters. The fourth-order valence-electron chi connectivity index (χ4n) is 3.30. The molecule has 0 aliphatic carbocycles. The number of likely N-dealkylation sites (N-methyl/N-ethyl adjacent to an activating group) is 2. The standard InChI is InChI=1S/C21H26ClN3O/c1-15-11-17(7-8-20(15)22)16-5-4-6-18(12-16)21(26)23-13-19-14-24(2)9-10-25(19)3/h4-8,11-12,19H,9-10,13-14H2,1-3H3,(H,23,26). The van der Waals surface area contributed by atoms with Crippen LogP contribution in [0.1, 0.15) is 15.9 Å². The largest absolute Gasteiger partial charge is 0.350 e. The van der Waals surface area contributed by atoms with Crippen molar-refractivity contribution >= 4 is 17.5 Å². The van der Waals surface area contributed by atoms with Crippen LogP contribution in [-0.4, -0.2) is 62.0 Å². The first-order valence-corrected chi connectivity index (χ1v) is 9.35. The van der Waals surface area contributed by atoms with E-state index >= 15 is 0 Å². The summed E-state index contributed by atoms with van der Waals surface area (Å²) in [4.78, 5) is 17.2. The highest BCUT2D eigenvalue weighted by Gasteiger charge is 2.22. The summed E-state index contributed by atoms with van der Waals surface area (Å²) in [5, 5.41) is 3.84. The molecule has 1 fully saturated rings. The van der Waals surface area contributed by atoms with Gasteiger partial charge < -0.3 is 10.2 Å². The molecule has 2 aromatic carbocycles. The normalized spacial score (nSPS) is 18.7. The van der Waals surface area contributed by atoms with Crippen molar-refractivity contribution in [3.8, 4) is 11.1 Å². The molecule has 0 aromatic heterocycles. The van der Waals surface area contributed by atoms with Crippen LogP contribution in [0, 0.1) is 6.92 Å². The number of hydrogen-bond acceptors (Lipinski definition) is 3. The fourth-order valence-corrected chi connectivity index (χ4v) is 3.42. The Balaban J connectivity index is 1.69. The zero-order valence-corrected chi connectivity index (χ0v) is 16.4. The summed E-state index contributed by atoms with van der Waals surface area (Å²) in [6, 6.07) is 14.0. The predicted molar refractivity (Wildman–Crippen MR) is 108 cm³/mol. The maximum atomic E-state index is 12.6. The minimum absolute atomic E-state index is 0.0286. The second kappa shape index (κ2) is 8.21. The highest BCUT2D eigenvalue weighted by Crippen LogP contribution is 2.25. The van der Waals surface area contributed by atoms with Gasteiger partial charge in [-0.1, -0.05) is 29.8 Å². The molecule has 0 spiro atoms. The first-order chi connectivity index (χ1) is 12.4. The molecule has 2 aromatic rings. The first kappa shape index (κ1) is 18.9. The van der Waals surface area contributed by atoms with Gasteiger partial charge in [0.25, 0.3) is 5.91 Å². The fraction of sp³-hybridized carbons (Fsp3) is 0.381. The van der Waals surface area contributed by atoms with Crippen molar-refractivity contribution in [3.63, 3.8) is 0 Å². The second-order valence-electron chi connectivity index (χ2n) is 7.15. The van der Waals surface area contributed by atoms with Crippen LogP contribution in [0.25, 0.3) is 11.1 Å². The third-order valence-corrected chi connectivity index (χ3v) is 5.52. The summed E-state index contributed by atoms with van der Waals surface area (Å²) >= 11 is 6.12. The van der Waals surface area contributed by atoms with Crippen LogP contribution in [0.15, 0.2) is 42.5 Å². The van der Waals surface area contributed by atoms with E-state index in [4.69, 9.17) is 11.6 Å². The maximum Gasteiger partial charge on any atom is 0.251 e. The molecule has 1 amide bonds. The number of piperazine rings is 1. The van der Waals surface area contributed by atoms with Crippen molar-refractivity contribution in [3.05, 3.63) is 58.6 Å². The SMILES string of the molecule is Cc1cc(-c2cccc(C(=O)NCC3CN(C)CCN3C)c2)ccc1Cl. The third-order valence-electron chi connectivity index (χ3n) is 5.09. The van der Waals surface area contributed by atoms with Crippen molar-refractivity contribution < 1.29 is 4.79 Å². The zero-order chi connectivity index (χ0) is 18.7. The molecule has 1 aliphatic rings. The number of benzene rings is 2. The average Bonchev–Trinajstić information content (AvgIpc) is 2.64.